The molecular weight excluding hydrogens is 392 g/mol. The van der Waals surface area contributed by atoms with E-state index in [1.165, 1.54) is 27.2 Å². The van der Waals surface area contributed by atoms with Crippen molar-refractivity contribution in [2.75, 3.05) is 14.2 Å². The summed E-state index contributed by atoms with van der Waals surface area (Å²) in [6.07, 6.45) is -0.942. The van der Waals surface area contributed by atoms with Crippen LogP contribution < -0.4 is 29.3 Å². The number of hydrogen-bond donors (Lipinski definition) is 0. The van der Waals surface area contributed by atoms with Gasteiger partial charge in [0.05, 0.1) is 14.2 Å². The second-order valence-electron chi connectivity index (χ2n) is 6.78. The third kappa shape index (κ3) is 3.41. The fourth-order valence-corrected chi connectivity index (χ4v) is 3.42. The van der Waals surface area contributed by atoms with E-state index >= 15 is 0 Å². The number of carbonyl (C=O) groups is 1. The third-order valence-corrected chi connectivity index (χ3v) is 4.75. The summed E-state index contributed by atoms with van der Waals surface area (Å²) in [5, 5.41) is 0.659. The minimum absolute atomic E-state index is 0.298. The normalized spacial score (nSPS) is 17.5. The average molecular weight is 412 g/mol. The van der Waals surface area contributed by atoms with E-state index in [2.05, 4.69) is 0 Å². The van der Waals surface area contributed by atoms with E-state index in [4.69, 9.17) is 28.1 Å². The maximum Gasteiger partial charge on any atom is 0.336 e. The first-order valence-corrected chi connectivity index (χ1v) is 9.25. The van der Waals surface area contributed by atoms with Gasteiger partial charge in [-0.05, 0) is 31.2 Å². The van der Waals surface area contributed by atoms with Gasteiger partial charge in [0, 0.05) is 23.9 Å². The lowest BCUT2D eigenvalue weighted by Gasteiger charge is -2.33. The van der Waals surface area contributed by atoms with Crippen LogP contribution in [0.3, 0.4) is 0 Å². The maximum atomic E-state index is 11.7. The summed E-state index contributed by atoms with van der Waals surface area (Å²) >= 11 is 0. The van der Waals surface area contributed by atoms with Crippen molar-refractivity contribution < 1.29 is 32.9 Å². The van der Waals surface area contributed by atoms with Crippen molar-refractivity contribution in [3.05, 3.63) is 52.4 Å². The summed E-state index contributed by atoms with van der Waals surface area (Å²) in [5.74, 6) is 1.36. The highest BCUT2D eigenvalue weighted by molar-refractivity contribution is 5.88. The van der Waals surface area contributed by atoms with Gasteiger partial charge >= 0.3 is 11.6 Å². The van der Waals surface area contributed by atoms with Crippen molar-refractivity contribution in [2.24, 2.45) is 0 Å². The van der Waals surface area contributed by atoms with Gasteiger partial charge in [0.1, 0.15) is 6.10 Å². The van der Waals surface area contributed by atoms with Crippen molar-refractivity contribution in [3.8, 4) is 28.7 Å². The molecule has 0 amide bonds. The number of hydrogen-bond acceptors (Lipinski definition) is 8. The van der Waals surface area contributed by atoms with E-state index in [9.17, 15) is 9.59 Å². The van der Waals surface area contributed by atoms with Gasteiger partial charge in [-0.3, -0.25) is 4.79 Å². The zero-order valence-corrected chi connectivity index (χ0v) is 16.9. The molecule has 0 radical (unpaired) electrons. The first-order chi connectivity index (χ1) is 14.4. The monoisotopic (exact) mass is 412 g/mol. The number of rotatable bonds is 4. The van der Waals surface area contributed by atoms with Gasteiger partial charge in [-0.15, -0.1) is 0 Å². The Kier molecular flexibility index (Phi) is 4.99. The Hall–Kier alpha value is -3.68. The molecule has 8 nitrogen and oxygen atoms in total. The lowest BCUT2D eigenvalue weighted by molar-refractivity contribution is -0.132. The fraction of sp³-hybridized carbons (Fsp3) is 0.273. The van der Waals surface area contributed by atoms with E-state index in [-0.39, 0.29) is 0 Å². The summed E-state index contributed by atoms with van der Waals surface area (Å²) in [6.45, 7) is 3.16. The van der Waals surface area contributed by atoms with Crippen LogP contribution in [0.15, 0.2) is 45.6 Å². The highest BCUT2D eigenvalue weighted by Crippen LogP contribution is 2.49. The molecule has 1 aliphatic rings. The van der Waals surface area contributed by atoms with Crippen LogP contribution in [0.1, 0.15) is 25.5 Å². The molecular formula is C22H20O8. The molecule has 30 heavy (non-hydrogen) atoms. The van der Waals surface area contributed by atoms with Gasteiger partial charge in [0.15, 0.2) is 28.9 Å². The van der Waals surface area contributed by atoms with E-state index in [0.717, 1.165) is 5.56 Å². The lowest BCUT2D eigenvalue weighted by Crippen LogP contribution is -2.31. The van der Waals surface area contributed by atoms with Crippen LogP contribution in [0.2, 0.25) is 0 Å². The minimum atomic E-state index is -0.514. The van der Waals surface area contributed by atoms with Crippen molar-refractivity contribution in [1.82, 2.24) is 0 Å². The molecule has 156 valence electrons. The Bertz CT molecular complexity index is 1180. The molecule has 3 aromatic rings. The van der Waals surface area contributed by atoms with E-state index in [1.807, 2.05) is 6.92 Å². The fourth-order valence-electron chi connectivity index (χ4n) is 3.42. The van der Waals surface area contributed by atoms with Gasteiger partial charge in [-0.2, -0.15) is 0 Å². The standard InChI is InChI=1S/C22H20O8/c1-11-19(13-5-7-15(28-12(2)23)16(9-13)25-3)30-21-17(26-4)10-14-6-8-18(24)29-20(14)22(21)27-11/h5-11,19H,1-4H3/t11-,19+/m1/s1. The molecule has 0 aliphatic carbocycles. The molecule has 8 heteroatoms. The van der Waals surface area contributed by atoms with Crippen LogP contribution in [0, 0.1) is 0 Å². The quantitative estimate of drug-likeness (QED) is 0.364. The van der Waals surface area contributed by atoms with E-state index < -0.39 is 23.8 Å². The molecule has 2 aromatic carbocycles. The number of benzene rings is 2. The highest BCUT2D eigenvalue weighted by atomic mass is 16.6. The Labute approximate surface area is 171 Å². The van der Waals surface area contributed by atoms with Crippen LogP contribution in [0.25, 0.3) is 11.0 Å². The summed E-state index contributed by atoms with van der Waals surface area (Å²) < 4.78 is 33.7. The Balaban J connectivity index is 1.78. The van der Waals surface area contributed by atoms with Gasteiger partial charge < -0.3 is 28.1 Å². The number of methoxy groups -OCH3 is 2. The number of ether oxygens (including phenoxy) is 5. The van der Waals surface area contributed by atoms with Crippen molar-refractivity contribution in [1.29, 1.82) is 0 Å². The van der Waals surface area contributed by atoms with Gasteiger partial charge in [-0.1, -0.05) is 6.07 Å². The van der Waals surface area contributed by atoms with Crippen LogP contribution in [-0.4, -0.2) is 26.3 Å². The Morgan fingerprint density at radius 3 is 2.40 bits per heavy atom. The van der Waals surface area contributed by atoms with Crippen LogP contribution in [0.4, 0.5) is 0 Å². The second kappa shape index (κ2) is 7.62. The summed E-state index contributed by atoms with van der Waals surface area (Å²) in [6, 6.07) is 9.82. The summed E-state index contributed by atoms with van der Waals surface area (Å²) in [7, 11) is 3.01. The van der Waals surface area contributed by atoms with Gasteiger partial charge in [0.25, 0.3) is 0 Å². The number of esters is 1. The maximum absolute atomic E-state index is 11.7. The first-order valence-electron chi connectivity index (χ1n) is 9.25. The average Bonchev–Trinajstić information content (AvgIpc) is 2.73. The Morgan fingerprint density at radius 1 is 0.933 bits per heavy atom. The van der Waals surface area contributed by atoms with E-state index in [0.29, 0.717) is 39.7 Å². The smallest absolute Gasteiger partial charge is 0.336 e. The van der Waals surface area contributed by atoms with Crippen molar-refractivity contribution in [3.63, 3.8) is 0 Å². The molecule has 0 N–H and O–H groups in total. The zero-order valence-electron chi connectivity index (χ0n) is 16.9. The molecule has 0 saturated carbocycles. The third-order valence-electron chi connectivity index (χ3n) is 4.75. The van der Waals surface area contributed by atoms with Crippen LogP contribution in [-0.2, 0) is 4.79 Å². The van der Waals surface area contributed by atoms with Gasteiger partial charge in [-0.25, -0.2) is 4.79 Å². The largest absolute Gasteiger partial charge is 0.493 e. The molecule has 0 saturated heterocycles. The second-order valence-corrected chi connectivity index (χ2v) is 6.78. The predicted molar refractivity (Wildman–Crippen MR) is 107 cm³/mol. The highest BCUT2D eigenvalue weighted by Gasteiger charge is 2.35. The number of fused-ring (bicyclic) bond motifs is 3. The SMILES string of the molecule is COc1cc([C@H]2Oc3c(OC)cc4ccc(=O)oc4c3O[C@@H]2C)ccc1OC(C)=O. The topological polar surface area (TPSA) is 93.4 Å². The number of carbonyl (C=O) groups excluding carboxylic acids is 1. The molecule has 1 aliphatic heterocycles. The molecule has 0 fully saturated rings. The molecule has 0 spiro atoms. The molecule has 0 unspecified atom stereocenters. The lowest BCUT2D eigenvalue weighted by atomic mass is 10.0. The van der Waals surface area contributed by atoms with Crippen molar-refractivity contribution in [2.45, 2.75) is 26.1 Å². The predicted octanol–water partition coefficient (Wildman–Crippen LogP) is 3.64. The molecule has 0 bridgehead atoms. The van der Waals surface area contributed by atoms with Crippen LogP contribution >= 0.6 is 0 Å². The molecule has 1 aromatic heterocycles. The molecule has 4 rings (SSSR count). The minimum Gasteiger partial charge on any atom is -0.493 e. The van der Waals surface area contributed by atoms with E-state index in [1.54, 1.807) is 30.3 Å². The molecule has 2 atom stereocenters. The van der Waals surface area contributed by atoms with Crippen LogP contribution in [0.5, 0.6) is 28.7 Å². The first kappa shape index (κ1) is 19.6. The molecule has 2 heterocycles. The van der Waals surface area contributed by atoms with Crippen molar-refractivity contribution >= 4 is 16.9 Å². The summed E-state index contributed by atoms with van der Waals surface area (Å²) in [5.41, 5.74) is 0.558. The summed E-state index contributed by atoms with van der Waals surface area (Å²) in [4.78, 5) is 23.0. The Morgan fingerprint density at radius 2 is 1.70 bits per heavy atom. The zero-order chi connectivity index (χ0) is 21.4. The van der Waals surface area contributed by atoms with Gasteiger partial charge in [0.2, 0.25) is 11.5 Å².